The van der Waals surface area contributed by atoms with Gasteiger partial charge in [-0.1, -0.05) is 0 Å². The normalized spacial score (nSPS) is 12.5. The van der Waals surface area contributed by atoms with Gasteiger partial charge in [0.25, 0.3) is 0 Å². The number of sulfonamides is 2. The van der Waals surface area contributed by atoms with Crippen molar-refractivity contribution in [2.75, 3.05) is 12.3 Å². The van der Waals surface area contributed by atoms with Crippen LogP contribution >= 0.6 is 0 Å². The van der Waals surface area contributed by atoms with Crippen LogP contribution in [-0.4, -0.2) is 50.0 Å². The molecule has 21 heavy (non-hydrogen) atoms. The summed E-state index contributed by atoms with van der Waals surface area (Å²) in [6.07, 6.45) is 0. The van der Waals surface area contributed by atoms with Crippen molar-refractivity contribution in [3.63, 3.8) is 0 Å². The van der Waals surface area contributed by atoms with Crippen molar-refractivity contribution in [3.8, 4) is 0 Å². The van der Waals surface area contributed by atoms with E-state index in [2.05, 4.69) is 9.82 Å². The summed E-state index contributed by atoms with van der Waals surface area (Å²) in [4.78, 5) is 10.5. The number of nitrogens with zero attached hydrogens (tertiary/aromatic N) is 2. The summed E-state index contributed by atoms with van der Waals surface area (Å²) < 4.78 is 48.9. The van der Waals surface area contributed by atoms with Gasteiger partial charge in [-0.3, -0.25) is 9.48 Å². The number of carboxylic acid groups (broad SMARTS) is 1. The lowest BCUT2D eigenvalue weighted by atomic mass is 10.4. The number of primary sulfonamides is 1. The van der Waals surface area contributed by atoms with Gasteiger partial charge in [0, 0.05) is 6.54 Å². The molecule has 0 atom stereocenters. The first-order valence-corrected chi connectivity index (χ1v) is 8.90. The fourth-order valence-corrected chi connectivity index (χ4v) is 3.70. The van der Waals surface area contributed by atoms with Crippen molar-refractivity contribution >= 4 is 26.0 Å². The predicted molar refractivity (Wildman–Crippen MR) is 72.5 cm³/mol. The summed E-state index contributed by atoms with van der Waals surface area (Å²) in [6.45, 7) is 1.97. The summed E-state index contributed by atoms with van der Waals surface area (Å²) in [5, 5.41) is 17.3. The summed E-state index contributed by atoms with van der Waals surface area (Å²) in [7, 11) is -7.79. The topological polar surface area (TPSA) is 161 Å². The number of hydrogen-bond donors (Lipinski definition) is 3. The van der Waals surface area contributed by atoms with Gasteiger partial charge in [0.15, 0.2) is 0 Å². The molecular weight excluding hydrogens is 324 g/mol. The molecule has 0 aliphatic rings. The number of carbonyl (C=O) groups is 1. The molecule has 1 aromatic heterocycles. The minimum absolute atomic E-state index is 0.122. The van der Waals surface area contributed by atoms with Gasteiger partial charge < -0.3 is 5.11 Å². The second-order valence-electron chi connectivity index (χ2n) is 4.32. The van der Waals surface area contributed by atoms with E-state index < -0.39 is 38.3 Å². The Labute approximate surface area is 122 Å². The highest BCUT2D eigenvalue weighted by Crippen LogP contribution is 2.18. The molecule has 0 fully saturated rings. The number of nitrogens with one attached hydrogen (secondary N) is 1. The van der Waals surface area contributed by atoms with Crippen molar-refractivity contribution < 1.29 is 26.7 Å². The number of nitrogens with two attached hydrogens (primary N) is 1. The lowest BCUT2D eigenvalue weighted by Gasteiger charge is -2.06. The third-order valence-corrected chi connectivity index (χ3v) is 5.03. The number of aromatic nitrogens is 2. The Hall–Kier alpha value is -1.50. The number of rotatable bonds is 7. The highest BCUT2D eigenvalue weighted by Gasteiger charge is 2.25. The van der Waals surface area contributed by atoms with Gasteiger partial charge in [-0.05, 0) is 13.8 Å². The molecule has 0 unspecified atom stereocenters. The van der Waals surface area contributed by atoms with Gasteiger partial charge >= 0.3 is 5.97 Å². The van der Waals surface area contributed by atoms with Crippen LogP contribution < -0.4 is 9.86 Å². The van der Waals surface area contributed by atoms with Gasteiger partial charge in [0.1, 0.15) is 11.4 Å². The van der Waals surface area contributed by atoms with E-state index in [0.29, 0.717) is 0 Å². The molecule has 0 saturated carbocycles. The number of hydrogen-bond acceptors (Lipinski definition) is 6. The van der Waals surface area contributed by atoms with Crippen LogP contribution in [0, 0.1) is 13.8 Å². The van der Waals surface area contributed by atoms with Crippen LogP contribution in [-0.2, 0) is 31.4 Å². The molecular formula is C9H16N4O6S2. The minimum atomic E-state index is -4.01. The van der Waals surface area contributed by atoms with Crippen molar-refractivity contribution in [2.24, 2.45) is 5.14 Å². The zero-order chi connectivity index (χ0) is 16.4. The lowest BCUT2D eigenvalue weighted by Crippen LogP contribution is -2.32. The molecule has 4 N–H and O–H groups in total. The molecule has 0 bridgehead atoms. The quantitative estimate of drug-likeness (QED) is 0.525. The molecule has 0 aliphatic heterocycles. The second-order valence-corrected chi connectivity index (χ2v) is 7.75. The fraction of sp³-hybridized carbons (Fsp3) is 0.556. The number of carboxylic acids is 1. The fourth-order valence-electron chi connectivity index (χ4n) is 1.74. The maximum Gasteiger partial charge on any atom is 0.325 e. The third-order valence-electron chi connectivity index (χ3n) is 2.55. The first-order valence-electron chi connectivity index (χ1n) is 5.70. The standard InChI is InChI=1S/C9H16N4O6S2/c1-6-9(7(2)13(12-6)5-8(14)15)21(18,19)11-3-4-20(10,16)17/h11H,3-5H2,1-2H3,(H,14,15)(H2,10,16,17). The van der Waals surface area contributed by atoms with Crippen LogP contribution in [0.5, 0.6) is 0 Å². The first kappa shape index (κ1) is 17.6. The molecule has 0 spiro atoms. The van der Waals surface area contributed by atoms with E-state index in [1.165, 1.54) is 13.8 Å². The minimum Gasteiger partial charge on any atom is -0.480 e. The molecule has 1 heterocycles. The second kappa shape index (κ2) is 6.09. The molecule has 0 aromatic carbocycles. The van der Waals surface area contributed by atoms with Gasteiger partial charge in [-0.2, -0.15) is 5.10 Å². The van der Waals surface area contributed by atoms with E-state index in [4.69, 9.17) is 10.2 Å². The van der Waals surface area contributed by atoms with E-state index in [-0.39, 0.29) is 22.8 Å². The van der Waals surface area contributed by atoms with E-state index in [1.54, 1.807) is 0 Å². The van der Waals surface area contributed by atoms with Crippen LogP contribution in [0.1, 0.15) is 11.4 Å². The van der Waals surface area contributed by atoms with Crippen molar-refractivity contribution in [2.45, 2.75) is 25.3 Å². The smallest absolute Gasteiger partial charge is 0.325 e. The van der Waals surface area contributed by atoms with Crippen LogP contribution in [0.4, 0.5) is 0 Å². The van der Waals surface area contributed by atoms with Crippen molar-refractivity contribution in [1.82, 2.24) is 14.5 Å². The Bertz CT molecular complexity index is 749. The Balaban J connectivity index is 3.03. The van der Waals surface area contributed by atoms with E-state index >= 15 is 0 Å². The number of aliphatic carboxylic acids is 1. The third kappa shape index (κ3) is 4.77. The zero-order valence-corrected chi connectivity index (χ0v) is 13.0. The average Bonchev–Trinajstić information content (AvgIpc) is 2.50. The predicted octanol–water partition coefficient (Wildman–Crippen LogP) is -1.85. The molecule has 0 saturated heterocycles. The van der Waals surface area contributed by atoms with E-state index in [0.717, 1.165) is 4.68 Å². The Morgan fingerprint density at radius 3 is 2.38 bits per heavy atom. The van der Waals surface area contributed by atoms with Crippen LogP contribution in [0.25, 0.3) is 0 Å². The van der Waals surface area contributed by atoms with Gasteiger partial charge in [0.05, 0.1) is 17.1 Å². The summed E-state index contributed by atoms with van der Waals surface area (Å²) in [6, 6.07) is 0. The molecule has 1 aromatic rings. The molecule has 1 rings (SSSR count). The summed E-state index contributed by atoms with van der Waals surface area (Å²) in [5.41, 5.74) is 0.273. The van der Waals surface area contributed by atoms with Gasteiger partial charge in [-0.15, -0.1) is 0 Å². The van der Waals surface area contributed by atoms with Crippen LogP contribution in [0.2, 0.25) is 0 Å². The summed E-state index contributed by atoms with van der Waals surface area (Å²) in [5.74, 6) is -1.71. The maximum atomic E-state index is 12.1. The number of aryl methyl sites for hydroxylation is 1. The highest BCUT2D eigenvalue weighted by atomic mass is 32.2. The Kier molecular flexibility index (Phi) is 5.09. The average molecular weight is 340 g/mol. The monoisotopic (exact) mass is 340 g/mol. The highest BCUT2D eigenvalue weighted by molar-refractivity contribution is 7.90. The molecule has 12 heteroatoms. The van der Waals surface area contributed by atoms with Crippen molar-refractivity contribution in [1.29, 1.82) is 0 Å². The Morgan fingerprint density at radius 2 is 1.90 bits per heavy atom. The van der Waals surface area contributed by atoms with E-state index in [1.807, 2.05) is 0 Å². The van der Waals surface area contributed by atoms with Gasteiger partial charge in [0.2, 0.25) is 20.0 Å². The van der Waals surface area contributed by atoms with Gasteiger partial charge in [-0.25, -0.2) is 26.7 Å². The molecule has 0 radical (unpaired) electrons. The molecule has 120 valence electrons. The lowest BCUT2D eigenvalue weighted by molar-refractivity contribution is -0.137. The zero-order valence-electron chi connectivity index (χ0n) is 11.4. The molecule has 10 nitrogen and oxygen atoms in total. The van der Waals surface area contributed by atoms with Crippen LogP contribution in [0.3, 0.4) is 0 Å². The maximum absolute atomic E-state index is 12.1. The summed E-state index contributed by atoms with van der Waals surface area (Å²) >= 11 is 0. The molecule has 0 aliphatic carbocycles. The molecule has 0 amide bonds. The van der Waals surface area contributed by atoms with Crippen molar-refractivity contribution in [3.05, 3.63) is 11.4 Å². The largest absolute Gasteiger partial charge is 0.480 e. The van der Waals surface area contributed by atoms with Crippen LogP contribution in [0.15, 0.2) is 4.90 Å². The Morgan fingerprint density at radius 1 is 1.33 bits per heavy atom. The van der Waals surface area contributed by atoms with E-state index in [9.17, 15) is 21.6 Å². The SMILES string of the molecule is Cc1nn(CC(=O)O)c(C)c1S(=O)(=O)NCCS(N)(=O)=O. The first-order chi connectivity index (χ1) is 9.44.